The largest absolute Gasteiger partial charge is 0.328 e. The van der Waals surface area contributed by atoms with E-state index in [4.69, 9.17) is 0 Å². The lowest BCUT2D eigenvalue weighted by Crippen LogP contribution is -2.29. The smallest absolute Gasteiger partial charge is 0.288 e. The van der Waals surface area contributed by atoms with Crippen LogP contribution in [0.4, 0.5) is 8.78 Å². The van der Waals surface area contributed by atoms with Crippen LogP contribution in [0.25, 0.3) is 0 Å². The van der Waals surface area contributed by atoms with Crippen molar-refractivity contribution in [3.63, 3.8) is 0 Å². The molecule has 0 saturated heterocycles. The number of thiophene rings is 2. The summed E-state index contributed by atoms with van der Waals surface area (Å²) in [7, 11) is 0. The molecule has 1 amide bonds. The van der Waals surface area contributed by atoms with Gasteiger partial charge in [0, 0.05) is 20.2 Å². The Balaban J connectivity index is 1.77. The Morgan fingerprint density at radius 1 is 0.960 bits per heavy atom. The first kappa shape index (κ1) is 18.1. The molecule has 7 heteroatoms. The number of alkyl halides is 2. The van der Waals surface area contributed by atoms with E-state index in [-0.39, 0.29) is 5.91 Å². The molecule has 0 bridgehead atoms. The Labute approximate surface area is 157 Å². The Bertz CT molecular complexity index is 750. The summed E-state index contributed by atoms with van der Waals surface area (Å²) in [6.07, 6.45) is 0. The van der Waals surface area contributed by atoms with Gasteiger partial charge in [0.1, 0.15) is 0 Å². The third-order valence-electron chi connectivity index (χ3n) is 3.47. The number of halogens is 2. The van der Waals surface area contributed by atoms with Crippen LogP contribution < -0.4 is 0 Å². The molecule has 0 radical (unpaired) electrons. The Morgan fingerprint density at radius 2 is 1.52 bits per heavy atom. The van der Waals surface area contributed by atoms with E-state index < -0.39 is 5.76 Å². The van der Waals surface area contributed by atoms with Gasteiger partial charge in [0.15, 0.2) is 0 Å². The number of carbonyl (C=O) groups excluding carboxylic acids is 1. The van der Waals surface area contributed by atoms with Crippen LogP contribution in [0.5, 0.6) is 0 Å². The van der Waals surface area contributed by atoms with Gasteiger partial charge in [-0.15, -0.1) is 22.7 Å². The number of hydrogen-bond acceptors (Lipinski definition) is 4. The van der Waals surface area contributed by atoms with Gasteiger partial charge >= 0.3 is 0 Å². The molecule has 25 heavy (non-hydrogen) atoms. The van der Waals surface area contributed by atoms with Crippen molar-refractivity contribution in [1.29, 1.82) is 0 Å². The number of amides is 1. The highest BCUT2D eigenvalue weighted by atomic mass is 32.2. The lowest BCUT2D eigenvalue weighted by molar-refractivity contribution is 0.0733. The molecule has 2 heterocycles. The summed E-state index contributed by atoms with van der Waals surface area (Å²) in [6, 6.07) is 14.3. The molecule has 2 nitrogen and oxygen atoms in total. The van der Waals surface area contributed by atoms with Crippen molar-refractivity contribution in [3.8, 4) is 0 Å². The van der Waals surface area contributed by atoms with Crippen LogP contribution in [0.2, 0.25) is 0 Å². The summed E-state index contributed by atoms with van der Waals surface area (Å²) in [5.74, 6) is -2.56. The average molecular weight is 396 g/mol. The summed E-state index contributed by atoms with van der Waals surface area (Å²) in [4.78, 5) is 17.4. The predicted octanol–water partition coefficient (Wildman–Crippen LogP) is 5.97. The molecule has 0 aliphatic rings. The number of carbonyl (C=O) groups is 1. The first-order chi connectivity index (χ1) is 12.1. The van der Waals surface area contributed by atoms with Crippen molar-refractivity contribution >= 4 is 40.3 Å². The van der Waals surface area contributed by atoms with Crippen molar-refractivity contribution in [2.24, 2.45) is 0 Å². The molecule has 1 aromatic carbocycles. The minimum absolute atomic E-state index is 0.101. The molecule has 3 rings (SSSR count). The Kier molecular flexibility index (Phi) is 6.23. The summed E-state index contributed by atoms with van der Waals surface area (Å²) in [5.41, 5.74) is 0.506. The highest BCUT2D eigenvalue weighted by Gasteiger charge is 2.18. The third kappa shape index (κ3) is 5.14. The zero-order chi connectivity index (χ0) is 17.6. The molecule has 0 unspecified atom stereocenters. The number of nitrogens with zero attached hydrogens (tertiary/aromatic N) is 1. The Morgan fingerprint density at radius 3 is 1.96 bits per heavy atom. The van der Waals surface area contributed by atoms with Gasteiger partial charge in [-0.3, -0.25) is 4.79 Å². The fourth-order valence-electron chi connectivity index (χ4n) is 2.34. The fraction of sp³-hybridized carbons (Fsp3) is 0.167. The van der Waals surface area contributed by atoms with E-state index in [1.807, 2.05) is 35.0 Å². The SMILES string of the molecule is O=C(c1ccc(SC(F)F)cc1)N(Cc1cccs1)Cc1cccs1. The lowest BCUT2D eigenvalue weighted by Gasteiger charge is -2.22. The molecular formula is C18H15F2NOS3. The molecule has 3 aromatic rings. The van der Waals surface area contributed by atoms with E-state index in [1.54, 1.807) is 51.8 Å². The first-order valence-corrected chi connectivity index (χ1v) is 10.1. The van der Waals surface area contributed by atoms with E-state index in [1.165, 1.54) is 0 Å². The van der Waals surface area contributed by atoms with Gasteiger partial charge in [-0.2, -0.15) is 8.78 Å². The van der Waals surface area contributed by atoms with Gasteiger partial charge in [-0.05, 0) is 47.2 Å². The highest BCUT2D eigenvalue weighted by molar-refractivity contribution is 7.99. The van der Waals surface area contributed by atoms with Crippen LogP contribution in [0.1, 0.15) is 20.1 Å². The van der Waals surface area contributed by atoms with Crippen LogP contribution >= 0.6 is 34.4 Å². The van der Waals surface area contributed by atoms with Crippen molar-refractivity contribution in [1.82, 2.24) is 4.90 Å². The second kappa shape index (κ2) is 8.60. The summed E-state index contributed by atoms with van der Waals surface area (Å²) < 4.78 is 24.8. The summed E-state index contributed by atoms with van der Waals surface area (Å²) in [5, 5.41) is 3.97. The van der Waals surface area contributed by atoms with Gasteiger partial charge in [0.05, 0.1) is 13.1 Å². The number of rotatable bonds is 7. The number of thioether (sulfide) groups is 1. The molecule has 0 aliphatic carbocycles. The van der Waals surface area contributed by atoms with Crippen molar-refractivity contribution in [2.45, 2.75) is 23.7 Å². The second-order valence-electron chi connectivity index (χ2n) is 5.22. The standard InChI is InChI=1S/C18H15F2NOS3/c19-18(20)25-14-7-5-13(6-8-14)17(22)21(11-15-3-1-9-23-15)12-16-4-2-10-24-16/h1-10,18H,11-12H2. The quantitative estimate of drug-likeness (QED) is 0.460. The van der Waals surface area contributed by atoms with Gasteiger partial charge < -0.3 is 4.90 Å². The molecule has 0 atom stereocenters. The van der Waals surface area contributed by atoms with Crippen LogP contribution in [0.15, 0.2) is 64.2 Å². The second-order valence-corrected chi connectivity index (χ2v) is 8.35. The average Bonchev–Trinajstić information content (AvgIpc) is 3.28. The molecule has 0 N–H and O–H groups in total. The van der Waals surface area contributed by atoms with Crippen molar-refractivity contribution < 1.29 is 13.6 Å². The highest BCUT2D eigenvalue weighted by Crippen LogP contribution is 2.26. The van der Waals surface area contributed by atoms with E-state index in [0.29, 0.717) is 35.3 Å². The van der Waals surface area contributed by atoms with Gasteiger partial charge in [-0.1, -0.05) is 23.9 Å². The van der Waals surface area contributed by atoms with E-state index in [9.17, 15) is 13.6 Å². The Hall–Kier alpha value is -1.70. The van der Waals surface area contributed by atoms with E-state index in [2.05, 4.69) is 0 Å². The topological polar surface area (TPSA) is 20.3 Å². The minimum Gasteiger partial charge on any atom is -0.328 e. The molecule has 2 aromatic heterocycles. The van der Waals surface area contributed by atoms with Crippen LogP contribution in [-0.4, -0.2) is 16.6 Å². The zero-order valence-corrected chi connectivity index (χ0v) is 15.6. The summed E-state index contributed by atoms with van der Waals surface area (Å²) >= 11 is 3.70. The van der Waals surface area contributed by atoms with Crippen molar-refractivity contribution in [3.05, 3.63) is 74.6 Å². The van der Waals surface area contributed by atoms with E-state index in [0.717, 1.165) is 9.75 Å². The number of hydrogen-bond donors (Lipinski definition) is 0. The maximum Gasteiger partial charge on any atom is 0.288 e. The lowest BCUT2D eigenvalue weighted by atomic mass is 10.2. The van der Waals surface area contributed by atoms with Gasteiger partial charge in [0.25, 0.3) is 11.7 Å². The molecule has 0 spiro atoms. The summed E-state index contributed by atoms with van der Waals surface area (Å²) in [6.45, 7) is 1.06. The molecule has 0 fully saturated rings. The van der Waals surface area contributed by atoms with Crippen molar-refractivity contribution in [2.75, 3.05) is 0 Å². The first-order valence-electron chi connectivity index (χ1n) is 7.51. The number of benzene rings is 1. The molecule has 130 valence electrons. The molecular weight excluding hydrogens is 380 g/mol. The molecule has 0 saturated carbocycles. The third-order valence-corrected chi connectivity index (χ3v) is 5.91. The van der Waals surface area contributed by atoms with E-state index >= 15 is 0 Å². The van der Waals surface area contributed by atoms with Gasteiger partial charge in [-0.25, -0.2) is 0 Å². The maximum atomic E-state index is 12.9. The predicted molar refractivity (Wildman–Crippen MR) is 101 cm³/mol. The minimum atomic E-state index is -2.46. The molecule has 0 aliphatic heterocycles. The van der Waals surface area contributed by atoms with Crippen LogP contribution in [-0.2, 0) is 13.1 Å². The van der Waals surface area contributed by atoms with Crippen LogP contribution in [0, 0.1) is 0 Å². The normalized spacial score (nSPS) is 11.0. The van der Waals surface area contributed by atoms with Crippen LogP contribution in [0.3, 0.4) is 0 Å². The fourth-order valence-corrected chi connectivity index (χ4v) is 4.28. The zero-order valence-electron chi connectivity index (χ0n) is 13.1. The van der Waals surface area contributed by atoms with Gasteiger partial charge in [0.2, 0.25) is 0 Å². The maximum absolute atomic E-state index is 12.9. The monoisotopic (exact) mass is 395 g/mol.